The van der Waals surface area contributed by atoms with Crippen molar-refractivity contribution in [2.75, 3.05) is 30.4 Å². The third-order valence-electron chi connectivity index (χ3n) is 4.31. The molecule has 0 radical (unpaired) electrons. The predicted octanol–water partition coefficient (Wildman–Crippen LogP) is 1.74. The van der Waals surface area contributed by atoms with E-state index in [1.165, 1.54) is 31.4 Å². The summed E-state index contributed by atoms with van der Waals surface area (Å²) in [6.07, 6.45) is 1.33. The maximum atomic E-state index is 12.3. The van der Waals surface area contributed by atoms with Crippen molar-refractivity contribution in [2.24, 2.45) is 0 Å². The Hall–Kier alpha value is -2.91. The molecule has 0 aliphatic carbocycles. The summed E-state index contributed by atoms with van der Waals surface area (Å²) >= 11 is 0. The SMILES string of the molecule is COc1ccc(S(=O)(=O)NCC(=O)Nc2cccc(N3CCCC3=O)c2)cc1. The second kappa shape index (κ2) is 8.41. The number of ether oxygens (including phenoxy) is 1. The molecule has 2 N–H and O–H groups in total. The predicted molar refractivity (Wildman–Crippen MR) is 105 cm³/mol. The Morgan fingerprint density at radius 2 is 1.93 bits per heavy atom. The Labute approximate surface area is 163 Å². The van der Waals surface area contributed by atoms with Gasteiger partial charge in [-0.2, -0.15) is 0 Å². The number of anilines is 2. The van der Waals surface area contributed by atoms with Crippen LogP contribution in [0.25, 0.3) is 0 Å². The van der Waals surface area contributed by atoms with Crippen LogP contribution < -0.4 is 19.7 Å². The molecule has 2 amide bonds. The molecule has 1 aliphatic rings. The van der Waals surface area contributed by atoms with Gasteiger partial charge >= 0.3 is 0 Å². The largest absolute Gasteiger partial charge is 0.497 e. The quantitative estimate of drug-likeness (QED) is 0.733. The molecule has 28 heavy (non-hydrogen) atoms. The molecule has 0 atom stereocenters. The number of methoxy groups -OCH3 is 1. The van der Waals surface area contributed by atoms with E-state index in [0.717, 1.165) is 6.42 Å². The molecule has 1 heterocycles. The zero-order valence-electron chi connectivity index (χ0n) is 15.3. The van der Waals surface area contributed by atoms with Gasteiger partial charge < -0.3 is 15.0 Å². The monoisotopic (exact) mass is 403 g/mol. The van der Waals surface area contributed by atoms with Crippen LogP contribution in [-0.2, 0) is 19.6 Å². The van der Waals surface area contributed by atoms with Gasteiger partial charge in [-0.3, -0.25) is 9.59 Å². The highest BCUT2D eigenvalue weighted by Crippen LogP contribution is 2.24. The second-order valence-electron chi connectivity index (χ2n) is 6.25. The van der Waals surface area contributed by atoms with E-state index in [1.54, 1.807) is 29.2 Å². The first kappa shape index (κ1) is 19.8. The number of hydrogen-bond acceptors (Lipinski definition) is 5. The van der Waals surface area contributed by atoms with Crippen molar-refractivity contribution in [3.63, 3.8) is 0 Å². The Balaban J connectivity index is 1.60. The summed E-state index contributed by atoms with van der Waals surface area (Å²) < 4.78 is 31.8. The number of hydrogen-bond donors (Lipinski definition) is 2. The van der Waals surface area contributed by atoms with Crippen LogP contribution in [-0.4, -0.2) is 40.4 Å². The van der Waals surface area contributed by atoms with Gasteiger partial charge in [0.2, 0.25) is 21.8 Å². The highest BCUT2D eigenvalue weighted by Gasteiger charge is 2.22. The van der Waals surface area contributed by atoms with Gasteiger partial charge in [-0.1, -0.05) is 6.07 Å². The fraction of sp³-hybridized carbons (Fsp3) is 0.263. The van der Waals surface area contributed by atoms with Crippen LogP contribution in [0.15, 0.2) is 53.4 Å². The van der Waals surface area contributed by atoms with Gasteiger partial charge in [0.25, 0.3) is 0 Å². The number of nitrogens with zero attached hydrogens (tertiary/aromatic N) is 1. The highest BCUT2D eigenvalue weighted by molar-refractivity contribution is 7.89. The molecule has 1 fully saturated rings. The Morgan fingerprint density at radius 1 is 1.18 bits per heavy atom. The fourth-order valence-electron chi connectivity index (χ4n) is 2.88. The molecule has 0 spiro atoms. The van der Waals surface area contributed by atoms with Crippen LogP contribution in [0.3, 0.4) is 0 Å². The van der Waals surface area contributed by atoms with Crippen molar-refractivity contribution in [3.05, 3.63) is 48.5 Å². The first-order valence-electron chi connectivity index (χ1n) is 8.73. The van der Waals surface area contributed by atoms with E-state index in [4.69, 9.17) is 4.74 Å². The fourth-order valence-corrected chi connectivity index (χ4v) is 3.86. The van der Waals surface area contributed by atoms with Crippen LogP contribution >= 0.6 is 0 Å². The van der Waals surface area contributed by atoms with E-state index in [1.807, 2.05) is 0 Å². The summed E-state index contributed by atoms with van der Waals surface area (Å²) in [5.74, 6) is 0.0748. The van der Waals surface area contributed by atoms with Crippen LogP contribution in [0.2, 0.25) is 0 Å². The van der Waals surface area contributed by atoms with E-state index in [9.17, 15) is 18.0 Å². The average Bonchev–Trinajstić information content (AvgIpc) is 3.13. The second-order valence-corrected chi connectivity index (χ2v) is 8.01. The molecule has 0 unspecified atom stereocenters. The lowest BCUT2D eigenvalue weighted by molar-refractivity contribution is -0.117. The molecule has 0 saturated carbocycles. The molecule has 8 nitrogen and oxygen atoms in total. The molecule has 1 aliphatic heterocycles. The Morgan fingerprint density at radius 3 is 2.57 bits per heavy atom. The molecule has 9 heteroatoms. The third-order valence-corrected chi connectivity index (χ3v) is 5.72. The molecule has 0 bridgehead atoms. The zero-order valence-corrected chi connectivity index (χ0v) is 16.2. The number of carbonyl (C=O) groups excluding carboxylic acids is 2. The third kappa shape index (κ3) is 4.68. The van der Waals surface area contributed by atoms with Crippen molar-refractivity contribution < 1.29 is 22.7 Å². The number of sulfonamides is 1. The topological polar surface area (TPSA) is 105 Å². The molecule has 1 saturated heterocycles. The number of rotatable bonds is 7. The number of amides is 2. The van der Waals surface area contributed by atoms with Crippen molar-refractivity contribution in [2.45, 2.75) is 17.7 Å². The smallest absolute Gasteiger partial charge is 0.241 e. The van der Waals surface area contributed by atoms with Gasteiger partial charge in [0.15, 0.2) is 0 Å². The van der Waals surface area contributed by atoms with Crippen molar-refractivity contribution in [1.29, 1.82) is 0 Å². The van der Waals surface area contributed by atoms with Crippen LogP contribution in [0.5, 0.6) is 5.75 Å². The number of nitrogens with one attached hydrogen (secondary N) is 2. The van der Waals surface area contributed by atoms with E-state index in [-0.39, 0.29) is 10.8 Å². The number of benzene rings is 2. The minimum atomic E-state index is -3.82. The Kier molecular flexibility index (Phi) is 5.96. The molecule has 148 valence electrons. The Bertz CT molecular complexity index is 973. The molecular formula is C19H21N3O5S. The maximum Gasteiger partial charge on any atom is 0.241 e. The van der Waals surface area contributed by atoms with Crippen LogP contribution in [0, 0.1) is 0 Å². The summed E-state index contributed by atoms with van der Waals surface area (Å²) in [6.45, 7) is 0.235. The highest BCUT2D eigenvalue weighted by atomic mass is 32.2. The first-order valence-corrected chi connectivity index (χ1v) is 10.2. The van der Waals surface area contributed by atoms with Crippen molar-refractivity contribution in [1.82, 2.24) is 4.72 Å². The van der Waals surface area contributed by atoms with Gasteiger partial charge in [-0.15, -0.1) is 0 Å². The zero-order chi connectivity index (χ0) is 20.1. The lowest BCUT2D eigenvalue weighted by Gasteiger charge is -2.16. The van der Waals surface area contributed by atoms with Crippen molar-refractivity contribution in [3.8, 4) is 5.75 Å². The molecule has 0 aromatic heterocycles. The minimum absolute atomic E-state index is 0.0376. The summed E-state index contributed by atoms with van der Waals surface area (Å²) in [7, 11) is -2.33. The van der Waals surface area contributed by atoms with Gasteiger partial charge in [0.05, 0.1) is 18.6 Å². The summed E-state index contributed by atoms with van der Waals surface area (Å²) in [5.41, 5.74) is 1.20. The standard InChI is InChI=1S/C19H21N3O5S/c1-27-16-7-9-17(10-8-16)28(25,26)20-13-18(23)21-14-4-2-5-15(12-14)22-11-3-6-19(22)24/h2,4-5,7-10,12,20H,3,6,11,13H2,1H3,(H,21,23). The first-order chi connectivity index (χ1) is 13.4. The summed E-state index contributed by atoms with van der Waals surface area (Å²) in [5, 5.41) is 2.64. The summed E-state index contributed by atoms with van der Waals surface area (Å²) in [4.78, 5) is 25.7. The summed E-state index contributed by atoms with van der Waals surface area (Å²) in [6, 6.07) is 12.8. The van der Waals surface area contributed by atoms with E-state index >= 15 is 0 Å². The minimum Gasteiger partial charge on any atom is -0.497 e. The lowest BCUT2D eigenvalue weighted by Crippen LogP contribution is -2.33. The van der Waals surface area contributed by atoms with Crippen LogP contribution in [0.1, 0.15) is 12.8 Å². The van der Waals surface area contributed by atoms with Gasteiger partial charge in [0.1, 0.15) is 5.75 Å². The molecule has 2 aromatic rings. The van der Waals surface area contributed by atoms with Gasteiger partial charge in [-0.05, 0) is 48.9 Å². The normalized spacial score (nSPS) is 14.2. The van der Waals surface area contributed by atoms with Crippen LogP contribution in [0.4, 0.5) is 11.4 Å². The van der Waals surface area contributed by atoms with E-state index < -0.39 is 22.5 Å². The lowest BCUT2D eigenvalue weighted by atomic mass is 10.2. The molecule has 2 aromatic carbocycles. The molecule has 3 rings (SSSR count). The average molecular weight is 403 g/mol. The molecular weight excluding hydrogens is 382 g/mol. The van der Waals surface area contributed by atoms with E-state index in [0.29, 0.717) is 30.1 Å². The van der Waals surface area contributed by atoms with Crippen molar-refractivity contribution >= 4 is 33.2 Å². The number of carbonyl (C=O) groups is 2. The van der Waals surface area contributed by atoms with Gasteiger partial charge in [0, 0.05) is 24.3 Å². The maximum absolute atomic E-state index is 12.3. The van der Waals surface area contributed by atoms with Gasteiger partial charge in [-0.25, -0.2) is 13.1 Å². The van der Waals surface area contributed by atoms with E-state index in [2.05, 4.69) is 10.0 Å².